The number of furan rings is 1. The Bertz CT molecular complexity index is 1440. The van der Waals surface area contributed by atoms with Crippen molar-refractivity contribution >= 4 is 55.7 Å². The molecule has 5 rings (SSSR count). The number of carbonyl (C=O) groups excluding carboxylic acids is 2. The third kappa shape index (κ3) is 4.31. The first-order valence-corrected chi connectivity index (χ1v) is 12.3. The summed E-state index contributed by atoms with van der Waals surface area (Å²) in [5.74, 6) is -1.03. The van der Waals surface area contributed by atoms with E-state index in [0.717, 1.165) is 17.5 Å². The van der Waals surface area contributed by atoms with Gasteiger partial charge in [-0.15, -0.1) is 0 Å². The molecule has 0 bridgehead atoms. The van der Waals surface area contributed by atoms with Gasteiger partial charge < -0.3 is 14.3 Å². The van der Waals surface area contributed by atoms with E-state index in [4.69, 9.17) is 20.8 Å². The summed E-state index contributed by atoms with van der Waals surface area (Å²) in [6.45, 7) is 2.61. The molecule has 1 saturated heterocycles. The second-order valence-electron chi connectivity index (χ2n) is 8.02. The first-order chi connectivity index (χ1) is 17.0. The van der Waals surface area contributed by atoms with Gasteiger partial charge in [-0.3, -0.25) is 14.5 Å². The van der Waals surface area contributed by atoms with Crippen molar-refractivity contribution in [1.82, 2.24) is 4.98 Å². The highest BCUT2D eigenvalue weighted by atomic mass is 35.5. The number of ether oxygens (including phenoxy) is 1. The summed E-state index contributed by atoms with van der Waals surface area (Å²) in [5.41, 5.74) is 0.934. The van der Waals surface area contributed by atoms with Crippen LogP contribution in [-0.4, -0.2) is 28.4 Å². The van der Waals surface area contributed by atoms with Crippen molar-refractivity contribution in [2.45, 2.75) is 25.8 Å². The van der Waals surface area contributed by atoms with E-state index in [2.05, 4.69) is 11.9 Å². The molecule has 9 heteroatoms. The third-order valence-electron chi connectivity index (χ3n) is 5.68. The smallest absolute Gasteiger partial charge is 0.302 e. The summed E-state index contributed by atoms with van der Waals surface area (Å²) < 4.78 is 12.1. The monoisotopic (exact) mass is 508 g/mol. The van der Waals surface area contributed by atoms with Crippen LogP contribution in [0.15, 0.2) is 70.9 Å². The minimum absolute atomic E-state index is 0.0760. The average Bonchev–Trinajstić information content (AvgIpc) is 3.58. The fourth-order valence-corrected chi connectivity index (χ4v) is 5.23. The Balaban J connectivity index is 1.61. The minimum atomic E-state index is -0.981. The van der Waals surface area contributed by atoms with E-state index in [1.165, 1.54) is 22.5 Å². The molecule has 2 aromatic carbocycles. The number of thiazole rings is 1. The number of rotatable bonds is 7. The summed E-state index contributed by atoms with van der Waals surface area (Å²) in [7, 11) is 0. The van der Waals surface area contributed by atoms with Gasteiger partial charge in [-0.05, 0) is 48.9 Å². The van der Waals surface area contributed by atoms with Crippen molar-refractivity contribution in [3.63, 3.8) is 0 Å². The van der Waals surface area contributed by atoms with Crippen LogP contribution >= 0.6 is 22.9 Å². The van der Waals surface area contributed by atoms with E-state index < -0.39 is 17.7 Å². The van der Waals surface area contributed by atoms with Crippen molar-refractivity contribution in [3.8, 4) is 5.75 Å². The summed E-state index contributed by atoms with van der Waals surface area (Å²) in [4.78, 5) is 32.3. The maximum atomic E-state index is 13.2. The molecule has 1 aliphatic rings. The minimum Gasteiger partial charge on any atom is -0.507 e. The Morgan fingerprint density at radius 2 is 2.06 bits per heavy atom. The van der Waals surface area contributed by atoms with Crippen LogP contribution in [0.2, 0.25) is 5.02 Å². The number of aromatic nitrogens is 1. The Labute approximate surface area is 210 Å². The maximum absolute atomic E-state index is 13.2. The van der Waals surface area contributed by atoms with Gasteiger partial charge in [0.1, 0.15) is 23.3 Å². The van der Waals surface area contributed by atoms with Gasteiger partial charge in [0.05, 0.1) is 28.7 Å². The summed E-state index contributed by atoms with van der Waals surface area (Å²) in [5, 5.41) is 12.1. The molecule has 35 heavy (non-hydrogen) atoms. The van der Waals surface area contributed by atoms with Gasteiger partial charge in [0, 0.05) is 10.6 Å². The molecular formula is C26H21ClN2O5S. The Morgan fingerprint density at radius 1 is 1.20 bits per heavy atom. The van der Waals surface area contributed by atoms with Gasteiger partial charge in [0.2, 0.25) is 0 Å². The van der Waals surface area contributed by atoms with E-state index >= 15 is 0 Å². The second-order valence-corrected chi connectivity index (χ2v) is 9.47. The number of ketones is 1. The second kappa shape index (κ2) is 9.56. The number of fused-ring (bicyclic) bond motifs is 1. The van der Waals surface area contributed by atoms with Crippen molar-refractivity contribution in [3.05, 3.63) is 82.8 Å². The quantitative estimate of drug-likeness (QED) is 0.135. The molecule has 2 aromatic heterocycles. The van der Waals surface area contributed by atoms with Gasteiger partial charge in [-0.25, -0.2) is 4.98 Å². The van der Waals surface area contributed by atoms with E-state index in [9.17, 15) is 14.7 Å². The molecule has 1 atom stereocenters. The highest BCUT2D eigenvalue weighted by Gasteiger charge is 2.49. The number of aliphatic hydroxyl groups is 1. The molecule has 0 saturated carbocycles. The molecule has 0 aliphatic carbocycles. The highest BCUT2D eigenvalue weighted by Crippen LogP contribution is 2.44. The lowest BCUT2D eigenvalue weighted by Crippen LogP contribution is -2.29. The Hall–Kier alpha value is -3.62. The first kappa shape index (κ1) is 23.1. The lowest BCUT2D eigenvalue weighted by molar-refractivity contribution is -0.132. The van der Waals surface area contributed by atoms with Crippen LogP contribution in [0.5, 0.6) is 5.75 Å². The molecule has 3 heterocycles. The molecule has 1 aliphatic heterocycles. The Morgan fingerprint density at radius 3 is 2.83 bits per heavy atom. The number of anilines is 1. The largest absolute Gasteiger partial charge is 0.507 e. The lowest BCUT2D eigenvalue weighted by atomic mass is 9.99. The number of amides is 1. The van der Waals surface area contributed by atoms with Crippen molar-refractivity contribution in [2.24, 2.45) is 0 Å². The summed E-state index contributed by atoms with van der Waals surface area (Å²) >= 11 is 7.34. The number of halogens is 1. The number of benzene rings is 2. The van der Waals surface area contributed by atoms with E-state index in [0.29, 0.717) is 39.4 Å². The molecule has 1 fully saturated rings. The van der Waals surface area contributed by atoms with E-state index in [-0.39, 0.29) is 11.3 Å². The number of hydrogen-bond donors (Lipinski definition) is 1. The van der Waals surface area contributed by atoms with Crippen LogP contribution in [0.4, 0.5) is 5.13 Å². The molecule has 1 amide bonds. The lowest BCUT2D eigenvalue weighted by Gasteiger charge is -2.20. The normalized spacial score (nSPS) is 17.4. The van der Waals surface area contributed by atoms with Crippen LogP contribution in [0, 0.1) is 0 Å². The number of aliphatic hydroxyl groups excluding tert-OH is 1. The highest BCUT2D eigenvalue weighted by molar-refractivity contribution is 7.22. The fourth-order valence-electron chi connectivity index (χ4n) is 3.96. The Kier molecular flexibility index (Phi) is 6.32. The molecule has 7 nitrogen and oxygen atoms in total. The predicted octanol–water partition coefficient (Wildman–Crippen LogP) is 6.35. The van der Waals surface area contributed by atoms with E-state index in [1.807, 2.05) is 0 Å². The number of Topliss-reactive ketones (excluding diaryl/α,β-unsaturated/α-hetero) is 1. The van der Waals surface area contributed by atoms with Crippen molar-refractivity contribution in [1.29, 1.82) is 0 Å². The topological polar surface area (TPSA) is 92.9 Å². The molecule has 1 unspecified atom stereocenters. The van der Waals surface area contributed by atoms with E-state index in [1.54, 1.807) is 54.6 Å². The molecule has 178 valence electrons. The SMILES string of the molecule is CCCCOc1cccc(/C(O)=C2\C(=O)C(=O)N(c3nc4ccc(Cl)cc4s3)C2c2ccco2)c1. The molecule has 4 aromatic rings. The van der Waals surface area contributed by atoms with Gasteiger partial charge in [0.25, 0.3) is 5.78 Å². The number of unbranched alkanes of at least 4 members (excludes halogenated alkanes) is 1. The standard InChI is InChI=1S/C26H21ClN2O5S/c1-2-3-11-33-17-7-4-6-15(13-17)23(30)21-22(19-8-5-12-34-19)29(25(32)24(21)31)26-28-18-10-9-16(27)14-20(18)35-26/h4-10,12-14,22,30H,2-3,11H2,1H3/b23-21+. The molecule has 0 radical (unpaired) electrons. The predicted molar refractivity (Wildman–Crippen MR) is 135 cm³/mol. The number of hydrogen-bond acceptors (Lipinski definition) is 7. The number of nitrogens with zero attached hydrogens (tertiary/aromatic N) is 2. The average molecular weight is 509 g/mol. The summed E-state index contributed by atoms with van der Waals surface area (Å²) in [6, 6.07) is 14.4. The van der Waals surface area contributed by atoms with Gasteiger partial charge in [-0.2, -0.15) is 0 Å². The van der Waals surface area contributed by atoms with Crippen LogP contribution in [0.25, 0.3) is 16.0 Å². The zero-order chi connectivity index (χ0) is 24.5. The van der Waals surface area contributed by atoms with Crippen molar-refractivity contribution in [2.75, 3.05) is 11.5 Å². The number of carbonyl (C=O) groups is 2. The fraction of sp³-hybridized carbons (Fsp3) is 0.192. The zero-order valence-electron chi connectivity index (χ0n) is 18.7. The van der Waals surface area contributed by atoms with Gasteiger partial charge in [-0.1, -0.05) is 48.4 Å². The van der Waals surface area contributed by atoms with Crippen LogP contribution < -0.4 is 9.64 Å². The van der Waals surface area contributed by atoms with Crippen molar-refractivity contribution < 1.29 is 23.8 Å². The molecule has 1 N–H and O–H groups in total. The van der Waals surface area contributed by atoms with Crippen LogP contribution in [0.1, 0.15) is 37.1 Å². The molecule has 0 spiro atoms. The van der Waals surface area contributed by atoms with Gasteiger partial charge >= 0.3 is 5.91 Å². The molecular weight excluding hydrogens is 488 g/mol. The van der Waals surface area contributed by atoms with Gasteiger partial charge in [0.15, 0.2) is 5.13 Å². The van der Waals surface area contributed by atoms with Crippen LogP contribution in [0.3, 0.4) is 0 Å². The summed E-state index contributed by atoms with van der Waals surface area (Å²) in [6.07, 6.45) is 3.34. The first-order valence-electron chi connectivity index (χ1n) is 11.1. The van der Waals surface area contributed by atoms with Crippen LogP contribution in [-0.2, 0) is 9.59 Å². The maximum Gasteiger partial charge on any atom is 0.302 e. The zero-order valence-corrected chi connectivity index (χ0v) is 20.3. The third-order valence-corrected chi connectivity index (χ3v) is 6.93.